The first kappa shape index (κ1) is 28.3. The van der Waals surface area contributed by atoms with E-state index in [2.05, 4.69) is 11.5 Å². The van der Waals surface area contributed by atoms with Gasteiger partial charge in [0.25, 0.3) is 0 Å². The van der Waals surface area contributed by atoms with Gasteiger partial charge in [-0.3, -0.25) is 14.4 Å². The predicted octanol–water partition coefficient (Wildman–Crippen LogP) is 0.108. The van der Waals surface area contributed by atoms with Crippen LogP contribution in [0.1, 0.15) is 77.0 Å². The van der Waals surface area contributed by atoms with Crippen LogP contribution >= 0.6 is 0 Å². The van der Waals surface area contributed by atoms with Crippen LogP contribution in [-0.2, 0) is 28.6 Å². The Kier molecular flexibility index (Phi) is 19.4. The zero-order valence-corrected chi connectivity index (χ0v) is 18.5. The fourth-order valence-corrected chi connectivity index (χ4v) is 2.71. The van der Waals surface area contributed by atoms with E-state index in [1.165, 1.54) is 0 Å². The molecule has 1 atom stereocenters. The maximum absolute atomic E-state index is 12.1. The first-order valence-corrected chi connectivity index (χ1v) is 11.3. The second-order valence-corrected chi connectivity index (χ2v) is 7.41. The quantitative estimate of drug-likeness (QED) is 0.139. The van der Waals surface area contributed by atoms with Gasteiger partial charge in [-0.05, 0) is 57.9 Å². The molecule has 1 unspecified atom stereocenters. The third-order valence-electron chi connectivity index (χ3n) is 4.51. The molecule has 0 radical (unpaired) electrons. The highest BCUT2D eigenvalue weighted by Gasteiger charge is 2.19. The molecule has 0 bridgehead atoms. The van der Waals surface area contributed by atoms with Gasteiger partial charge in [0.05, 0.1) is 13.1 Å². The van der Waals surface area contributed by atoms with Crippen LogP contribution < -0.4 is 17.2 Å². The Bertz CT molecular complexity index is 434. The van der Waals surface area contributed by atoms with Crippen molar-refractivity contribution in [2.75, 3.05) is 32.8 Å². The molecule has 0 aliphatic carbocycles. The van der Waals surface area contributed by atoms with E-state index in [9.17, 15) is 14.4 Å². The number of quaternary nitrogens is 2. The van der Waals surface area contributed by atoms with E-state index in [-0.39, 0.29) is 44.0 Å². The first-order chi connectivity index (χ1) is 14.5. The summed E-state index contributed by atoms with van der Waals surface area (Å²) in [6.07, 6.45) is 7.75. The highest BCUT2D eigenvalue weighted by molar-refractivity contribution is 5.71. The van der Waals surface area contributed by atoms with E-state index >= 15 is 0 Å². The number of rotatable bonds is 20. The molecule has 0 aromatic carbocycles. The molecule has 0 aromatic heterocycles. The van der Waals surface area contributed by atoms with Gasteiger partial charge >= 0.3 is 17.9 Å². The summed E-state index contributed by atoms with van der Waals surface area (Å²) in [4.78, 5) is 35.8. The van der Waals surface area contributed by atoms with Gasteiger partial charge in [-0.25, -0.2) is 0 Å². The number of esters is 3. The van der Waals surface area contributed by atoms with Crippen molar-refractivity contribution in [3.63, 3.8) is 0 Å². The summed E-state index contributed by atoms with van der Waals surface area (Å²) in [7, 11) is 0. The Labute approximate surface area is 180 Å². The van der Waals surface area contributed by atoms with E-state index < -0.39 is 6.10 Å². The minimum absolute atomic E-state index is 0.112. The van der Waals surface area contributed by atoms with Crippen LogP contribution in [0.3, 0.4) is 0 Å². The molecule has 0 aliphatic heterocycles. The molecular weight excluding hydrogens is 390 g/mol. The van der Waals surface area contributed by atoms with Crippen LogP contribution in [-0.4, -0.2) is 56.9 Å². The number of nitrogens with two attached hydrogens (primary N) is 1. The second-order valence-electron chi connectivity index (χ2n) is 7.41. The topological polar surface area (TPSA) is 160 Å². The van der Waals surface area contributed by atoms with Gasteiger partial charge in [0.1, 0.15) is 13.2 Å². The van der Waals surface area contributed by atoms with Crippen LogP contribution in [0.2, 0.25) is 0 Å². The summed E-state index contributed by atoms with van der Waals surface area (Å²) in [6.45, 7) is 2.06. The van der Waals surface area contributed by atoms with Gasteiger partial charge in [0, 0.05) is 19.3 Å². The lowest BCUT2D eigenvalue weighted by atomic mass is 10.2. The van der Waals surface area contributed by atoms with Crippen molar-refractivity contribution in [1.82, 2.24) is 0 Å². The van der Waals surface area contributed by atoms with E-state index in [4.69, 9.17) is 19.9 Å². The lowest BCUT2D eigenvalue weighted by Crippen LogP contribution is -2.50. The smallest absolute Gasteiger partial charge is 0.306 e. The number of hydrogen-bond donors (Lipinski definition) is 3. The molecule has 0 aromatic rings. The highest BCUT2D eigenvalue weighted by Crippen LogP contribution is 2.07. The fraction of sp³-hybridized carbons (Fsp3) is 0.857. The van der Waals surface area contributed by atoms with Crippen LogP contribution in [0.25, 0.3) is 0 Å². The lowest BCUT2D eigenvalue weighted by Gasteiger charge is -2.18. The largest absolute Gasteiger partial charge is 0.462 e. The molecular formula is C21H43N3O6+2. The summed E-state index contributed by atoms with van der Waals surface area (Å²) in [5, 5.41) is 0. The van der Waals surface area contributed by atoms with Crippen molar-refractivity contribution in [2.45, 2.75) is 83.2 Å². The van der Waals surface area contributed by atoms with Crippen LogP contribution in [0, 0.1) is 0 Å². The molecule has 0 spiro atoms. The molecule has 0 saturated heterocycles. The zero-order chi connectivity index (χ0) is 22.5. The average molecular weight is 434 g/mol. The van der Waals surface area contributed by atoms with Crippen molar-refractivity contribution in [3.05, 3.63) is 0 Å². The molecule has 9 nitrogen and oxygen atoms in total. The Morgan fingerprint density at radius 3 is 1.50 bits per heavy atom. The molecule has 0 fully saturated rings. The third-order valence-corrected chi connectivity index (χ3v) is 4.51. The van der Waals surface area contributed by atoms with Gasteiger partial charge < -0.3 is 31.4 Å². The Morgan fingerprint density at radius 2 is 1.07 bits per heavy atom. The van der Waals surface area contributed by atoms with Crippen molar-refractivity contribution < 1.29 is 40.1 Å². The molecule has 0 aliphatic rings. The SMILES string of the molecule is NCCCCCC(=O)OCC(COC(=O)CCCCC[NH3+])OC(=O)CCCCC[NH3+]. The van der Waals surface area contributed by atoms with Crippen LogP contribution in [0.5, 0.6) is 0 Å². The van der Waals surface area contributed by atoms with Gasteiger partial charge in [0.15, 0.2) is 6.10 Å². The first-order valence-electron chi connectivity index (χ1n) is 11.3. The van der Waals surface area contributed by atoms with Crippen molar-refractivity contribution in [3.8, 4) is 0 Å². The standard InChI is InChI=1S/C21H41N3O6/c22-13-7-1-4-10-19(25)28-16-18(30-21(27)12-6-3-9-15-24)17-29-20(26)11-5-2-8-14-23/h18H,1-17,22-24H2/p+2. The highest BCUT2D eigenvalue weighted by atomic mass is 16.6. The zero-order valence-electron chi connectivity index (χ0n) is 18.5. The van der Waals surface area contributed by atoms with Gasteiger partial charge in [0.2, 0.25) is 0 Å². The molecule has 8 N–H and O–H groups in total. The van der Waals surface area contributed by atoms with Crippen molar-refractivity contribution in [2.24, 2.45) is 5.73 Å². The second kappa shape index (κ2) is 20.6. The molecule has 0 rings (SSSR count). The minimum Gasteiger partial charge on any atom is -0.462 e. The Morgan fingerprint density at radius 1 is 0.633 bits per heavy atom. The molecule has 176 valence electrons. The van der Waals surface area contributed by atoms with Crippen molar-refractivity contribution in [1.29, 1.82) is 0 Å². The monoisotopic (exact) mass is 433 g/mol. The Hall–Kier alpha value is -1.71. The maximum Gasteiger partial charge on any atom is 0.306 e. The van der Waals surface area contributed by atoms with E-state index in [1.807, 2.05) is 0 Å². The van der Waals surface area contributed by atoms with E-state index in [0.29, 0.717) is 25.8 Å². The van der Waals surface area contributed by atoms with E-state index in [0.717, 1.165) is 58.0 Å². The number of ether oxygens (including phenoxy) is 3. The molecule has 0 saturated carbocycles. The lowest BCUT2D eigenvalue weighted by molar-refractivity contribution is -0.368. The summed E-state index contributed by atoms with van der Waals surface area (Å²) >= 11 is 0. The summed E-state index contributed by atoms with van der Waals surface area (Å²) in [5.41, 5.74) is 13.0. The normalized spacial score (nSPS) is 11.7. The van der Waals surface area contributed by atoms with Gasteiger partial charge in [-0.15, -0.1) is 0 Å². The number of carbonyl (C=O) groups is 3. The predicted molar refractivity (Wildman–Crippen MR) is 112 cm³/mol. The number of unbranched alkanes of at least 4 members (excludes halogenated alkanes) is 6. The molecule has 30 heavy (non-hydrogen) atoms. The van der Waals surface area contributed by atoms with E-state index in [1.54, 1.807) is 0 Å². The number of hydrogen-bond acceptors (Lipinski definition) is 7. The summed E-state index contributed by atoms with van der Waals surface area (Å²) < 4.78 is 15.8. The average Bonchev–Trinajstić information content (AvgIpc) is 2.73. The summed E-state index contributed by atoms with van der Waals surface area (Å²) in [5.74, 6) is -1.08. The van der Waals surface area contributed by atoms with Gasteiger partial charge in [-0.1, -0.05) is 6.42 Å². The summed E-state index contributed by atoms with van der Waals surface area (Å²) in [6, 6.07) is 0. The van der Waals surface area contributed by atoms with Gasteiger partial charge in [-0.2, -0.15) is 0 Å². The third kappa shape index (κ3) is 18.3. The molecule has 0 amide bonds. The van der Waals surface area contributed by atoms with Crippen LogP contribution in [0.15, 0.2) is 0 Å². The molecule has 0 heterocycles. The van der Waals surface area contributed by atoms with Crippen LogP contribution in [0.4, 0.5) is 0 Å². The minimum atomic E-state index is -0.790. The van der Waals surface area contributed by atoms with Crippen molar-refractivity contribution >= 4 is 17.9 Å². The molecule has 9 heteroatoms. The fourth-order valence-electron chi connectivity index (χ4n) is 2.71. The maximum atomic E-state index is 12.1. The number of carbonyl (C=O) groups excluding carboxylic acids is 3. The Balaban J connectivity index is 4.37.